The van der Waals surface area contributed by atoms with Crippen LogP contribution in [-0.4, -0.2) is 23.7 Å². The van der Waals surface area contributed by atoms with Crippen molar-refractivity contribution in [2.45, 2.75) is 25.3 Å². The zero-order valence-corrected chi connectivity index (χ0v) is 12.7. The molecule has 1 aromatic heterocycles. The second kappa shape index (κ2) is 7.39. The van der Waals surface area contributed by atoms with Crippen LogP contribution < -0.4 is 10.1 Å². The van der Waals surface area contributed by atoms with Crippen LogP contribution in [-0.2, 0) is 11.0 Å². The maximum Gasteiger partial charge on any atom is 0.419 e. The predicted octanol–water partition coefficient (Wildman–Crippen LogP) is 2.92. The third-order valence-electron chi connectivity index (χ3n) is 3.21. The van der Waals surface area contributed by atoms with Gasteiger partial charge in [0.1, 0.15) is 17.6 Å². The number of amides is 1. The Kier molecular flexibility index (Phi) is 5.50. The van der Waals surface area contributed by atoms with E-state index in [1.54, 1.807) is 6.07 Å². The lowest BCUT2D eigenvalue weighted by Crippen LogP contribution is -2.38. The highest BCUT2D eigenvalue weighted by Crippen LogP contribution is 2.36. The number of hydrogen-bond acceptors (Lipinski definition) is 4. The number of ether oxygens (including phenoxy) is 1. The Hall–Kier alpha value is -2.48. The minimum atomic E-state index is -4.58. The van der Waals surface area contributed by atoms with Gasteiger partial charge in [0.05, 0.1) is 18.4 Å². The molecule has 0 saturated heterocycles. The predicted molar refractivity (Wildman–Crippen MR) is 78.2 cm³/mol. The number of carbonyl (C=O) groups excluding carboxylic acids is 1. The van der Waals surface area contributed by atoms with Crippen LogP contribution in [0.5, 0.6) is 5.75 Å². The fraction of sp³-hybridized carbons (Fsp3) is 0.312. The van der Waals surface area contributed by atoms with Gasteiger partial charge in [0.25, 0.3) is 5.91 Å². The lowest BCUT2D eigenvalue weighted by atomic mass is 10.2. The molecule has 2 rings (SSSR count). The average Bonchev–Trinajstić information content (AvgIpc) is 3.06. The van der Waals surface area contributed by atoms with Crippen molar-refractivity contribution in [3.05, 3.63) is 54.0 Å². The molecule has 0 spiro atoms. The first-order valence-corrected chi connectivity index (χ1v) is 7.11. The summed E-state index contributed by atoms with van der Waals surface area (Å²) in [6, 6.07) is 7.76. The number of hydrogen-bond donors (Lipinski definition) is 2. The molecule has 1 heterocycles. The van der Waals surface area contributed by atoms with Crippen molar-refractivity contribution in [3.8, 4) is 5.75 Å². The Morgan fingerprint density at radius 2 is 2.00 bits per heavy atom. The second-order valence-corrected chi connectivity index (χ2v) is 5.03. The van der Waals surface area contributed by atoms with Crippen LogP contribution in [0.2, 0.25) is 0 Å². The van der Waals surface area contributed by atoms with Gasteiger partial charge in [0.15, 0.2) is 6.10 Å². The van der Waals surface area contributed by atoms with Gasteiger partial charge >= 0.3 is 6.18 Å². The fourth-order valence-electron chi connectivity index (χ4n) is 1.97. The van der Waals surface area contributed by atoms with Gasteiger partial charge in [0.2, 0.25) is 0 Å². The number of halogens is 3. The molecule has 0 aliphatic carbocycles. The number of nitrogens with one attached hydrogen (secondary N) is 1. The van der Waals surface area contributed by atoms with Crippen LogP contribution in [0, 0.1) is 0 Å². The Labute approximate surface area is 136 Å². The van der Waals surface area contributed by atoms with Crippen molar-refractivity contribution >= 4 is 5.91 Å². The van der Waals surface area contributed by atoms with E-state index in [4.69, 9.17) is 9.15 Å². The minimum absolute atomic E-state index is 0.152. The van der Waals surface area contributed by atoms with E-state index >= 15 is 0 Å². The van der Waals surface area contributed by atoms with E-state index in [1.807, 2.05) is 0 Å². The molecule has 2 atom stereocenters. The highest BCUT2D eigenvalue weighted by Gasteiger charge is 2.34. The smallest absolute Gasteiger partial charge is 0.419 e. The van der Waals surface area contributed by atoms with Crippen LogP contribution in [0.4, 0.5) is 13.2 Å². The first kappa shape index (κ1) is 17.9. The summed E-state index contributed by atoms with van der Waals surface area (Å²) in [5.74, 6) is -0.817. The highest BCUT2D eigenvalue weighted by atomic mass is 19.4. The lowest BCUT2D eigenvalue weighted by Gasteiger charge is -2.19. The van der Waals surface area contributed by atoms with E-state index in [-0.39, 0.29) is 12.3 Å². The maximum absolute atomic E-state index is 12.9. The van der Waals surface area contributed by atoms with Crippen molar-refractivity contribution in [3.63, 3.8) is 0 Å². The molecule has 1 amide bonds. The normalized spacial score (nSPS) is 14.0. The van der Waals surface area contributed by atoms with Crippen molar-refractivity contribution in [2.75, 3.05) is 6.54 Å². The molecule has 0 aliphatic rings. The molecule has 0 saturated carbocycles. The number of benzene rings is 1. The standard InChI is InChI=1S/C16H16F3NO4/c1-10(15(22)20-9-12(21)14-7-4-8-23-14)24-13-6-3-2-5-11(13)16(17,18)19/h2-8,10,12,21H,9H2,1H3,(H,20,22). The van der Waals surface area contributed by atoms with Gasteiger partial charge in [-0.3, -0.25) is 4.79 Å². The summed E-state index contributed by atoms with van der Waals surface area (Å²) in [6.07, 6.45) is -5.43. The Morgan fingerprint density at radius 3 is 2.62 bits per heavy atom. The fourth-order valence-corrected chi connectivity index (χ4v) is 1.97. The number of rotatable bonds is 6. The molecule has 2 N–H and O–H groups in total. The molecule has 24 heavy (non-hydrogen) atoms. The molecule has 1 aromatic carbocycles. The zero-order chi connectivity index (χ0) is 17.7. The van der Waals surface area contributed by atoms with E-state index in [0.29, 0.717) is 0 Å². The Morgan fingerprint density at radius 1 is 1.29 bits per heavy atom. The third-order valence-corrected chi connectivity index (χ3v) is 3.21. The monoisotopic (exact) mass is 343 g/mol. The molecule has 130 valence electrons. The molecule has 0 fully saturated rings. The number of aliphatic hydroxyl groups is 1. The van der Waals surface area contributed by atoms with Gasteiger partial charge in [0, 0.05) is 0 Å². The summed E-state index contributed by atoms with van der Waals surface area (Å²) in [4.78, 5) is 11.9. The van der Waals surface area contributed by atoms with Crippen molar-refractivity contribution in [1.29, 1.82) is 0 Å². The van der Waals surface area contributed by atoms with E-state index in [1.165, 1.54) is 31.4 Å². The summed E-state index contributed by atoms with van der Waals surface area (Å²) < 4.78 is 48.8. The molecular weight excluding hydrogens is 327 g/mol. The second-order valence-electron chi connectivity index (χ2n) is 5.03. The molecular formula is C16H16F3NO4. The number of aliphatic hydroxyl groups excluding tert-OH is 1. The summed E-state index contributed by atoms with van der Waals surface area (Å²) in [6.45, 7) is 1.17. The first-order chi connectivity index (χ1) is 11.3. The maximum atomic E-state index is 12.9. The number of furan rings is 1. The molecule has 0 aliphatic heterocycles. The van der Waals surface area contributed by atoms with E-state index in [9.17, 15) is 23.1 Å². The van der Waals surface area contributed by atoms with Crippen molar-refractivity contribution in [1.82, 2.24) is 5.32 Å². The summed E-state index contributed by atoms with van der Waals surface area (Å²) in [7, 11) is 0. The minimum Gasteiger partial charge on any atom is -0.480 e. The first-order valence-electron chi connectivity index (χ1n) is 7.11. The SMILES string of the molecule is CC(Oc1ccccc1C(F)(F)F)C(=O)NCC(O)c1ccco1. The highest BCUT2D eigenvalue weighted by molar-refractivity contribution is 5.80. The van der Waals surface area contributed by atoms with Crippen LogP contribution >= 0.6 is 0 Å². The third kappa shape index (κ3) is 4.51. The topological polar surface area (TPSA) is 71.7 Å². The zero-order valence-electron chi connectivity index (χ0n) is 12.7. The van der Waals surface area contributed by atoms with E-state index in [0.717, 1.165) is 12.1 Å². The molecule has 8 heteroatoms. The van der Waals surface area contributed by atoms with Gasteiger partial charge in [-0.1, -0.05) is 12.1 Å². The molecule has 2 unspecified atom stereocenters. The van der Waals surface area contributed by atoms with E-state index < -0.39 is 35.6 Å². The molecule has 2 aromatic rings. The van der Waals surface area contributed by atoms with Gasteiger partial charge in [-0.15, -0.1) is 0 Å². The van der Waals surface area contributed by atoms with Crippen molar-refractivity contribution in [2.24, 2.45) is 0 Å². The van der Waals surface area contributed by atoms with Gasteiger partial charge < -0.3 is 19.6 Å². The van der Waals surface area contributed by atoms with Crippen molar-refractivity contribution < 1.29 is 32.2 Å². The van der Waals surface area contributed by atoms with Gasteiger partial charge in [-0.05, 0) is 31.2 Å². The quantitative estimate of drug-likeness (QED) is 0.846. The summed E-state index contributed by atoms with van der Waals surface area (Å²) in [5, 5.41) is 12.2. The van der Waals surface area contributed by atoms with Gasteiger partial charge in [-0.2, -0.15) is 13.2 Å². The van der Waals surface area contributed by atoms with Gasteiger partial charge in [-0.25, -0.2) is 0 Å². The van der Waals surface area contributed by atoms with E-state index in [2.05, 4.69) is 5.32 Å². The largest absolute Gasteiger partial charge is 0.480 e. The summed E-state index contributed by atoms with van der Waals surface area (Å²) in [5.41, 5.74) is -0.958. The van der Waals surface area contributed by atoms with Crippen LogP contribution in [0.3, 0.4) is 0 Å². The van der Waals surface area contributed by atoms with Crippen LogP contribution in [0.1, 0.15) is 24.4 Å². The lowest BCUT2D eigenvalue weighted by molar-refractivity contribution is -0.140. The number of para-hydroxylation sites is 1. The molecule has 0 bridgehead atoms. The Bertz CT molecular complexity index is 670. The molecule has 0 radical (unpaired) electrons. The van der Waals surface area contributed by atoms with Crippen LogP contribution in [0.25, 0.3) is 0 Å². The number of carbonyl (C=O) groups is 1. The summed E-state index contributed by atoms with van der Waals surface area (Å²) >= 11 is 0. The number of alkyl halides is 3. The van der Waals surface area contributed by atoms with Crippen LogP contribution in [0.15, 0.2) is 47.1 Å². The average molecular weight is 343 g/mol. The Balaban J connectivity index is 1.95. The molecule has 5 nitrogen and oxygen atoms in total.